The van der Waals surface area contributed by atoms with E-state index in [1.165, 1.54) is 0 Å². The van der Waals surface area contributed by atoms with E-state index in [1.807, 2.05) is 6.07 Å². The van der Waals surface area contributed by atoms with Crippen molar-refractivity contribution in [1.82, 2.24) is 9.97 Å². The summed E-state index contributed by atoms with van der Waals surface area (Å²) in [5, 5.41) is 9.63. The van der Waals surface area contributed by atoms with Gasteiger partial charge in [0.15, 0.2) is 5.82 Å². The van der Waals surface area contributed by atoms with E-state index in [1.54, 1.807) is 48.5 Å². The van der Waals surface area contributed by atoms with Crippen LogP contribution in [0.25, 0.3) is 22.0 Å². The van der Waals surface area contributed by atoms with Gasteiger partial charge < -0.3 is 4.98 Å². The molecule has 1 N–H and O–H groups in total. The van der Waals surface area contributed by atoms with Crippen LogP contribution in [0.2, 0.25) is 0 Å². The maximum Gasteiger partial charge on any atom is 0.259 e. The number of aromatic amines is 1. The Morgan fingerprint density at radius 1 is 1.18 bits per heavy atom. The highest BCUT2D eigenvalue weighted by atomic mass is 35.5. The molecule has 106 valence electrons. The Morgan fingerprint density at radius 2 is 1.91 bits per heavy atom. The van der Waals surface area contributed by atoms with Crippen molar-refractivity contribution in [2.45, 2.75) is 0 Å². The second kappa shape index (κ2) is 5.84. The summed E-state index contributed by atoms with van der Waals surface area (Å²) >= 11 is 6.25. The molecule has 0 fully saturated rings. The zero-order chi connectivity index (χ0) is 15.5. The summed E-state index contributed by atoms with van der Waals surface area (Å²) in [6.07, 6.45) is 1.69. The molecule has 3 aromatic rings. The predicted octanol–water partition coefficient (Wildman–Crippen LogP) is 3.53. The van der Waals surface area contributed by atoms with Crippen molar-refractivity contribution in [3.8, 4) is 6.07 Å². The Hall–Kier alpha value is -2.90. The lowest BCUT2D eigenvalue weighted by molar-refractivity contribution is 1.14. The molecule has 5 heteroatoms. The van der Waals surface area contributed by atoms with Gasteiger partial charge in [0.1, 0.15) is 0 Å². The van der Waals surface area contributed by atoms with Crippen LogP contribution in [-0.2, 0) is 0 Å². The molecule has 0 saturated carbocycles. The van der Waals surface area contributed by atoms with Gasteiger partial charge >= 0.3 is 0 Å². The van der Waals surface area contributed by atoms with Gasteiger partial charge in [-0.05, 0) is 35.9 Å². The number of hydrogen-bond acceptors (Lipinski definition) is 3. The first-order chi connectivity index (χ1) is 10.7. The fourth-order valence-corrected chi connectivity index (χ4v) is 2.28. The van der Waals surface area contributed by atoms with Gasteiger partial charge in [-0.1, -0.05) is 35.9 Å². The van der Waals surface area contributed by atoms with E-state index in [0.29, 0.717) is 27.3 Å². The molecular weight excluding hydrogens is 298 g/mol. The number of H-pyrrole nitrogens is 1. The first-order valence-electron chi connectivity index (χ1n) is 6.54. The summed E-state index contributed by atoms with van der Waals surface area (Å²) in [6.45, 7) is 0. The molecule has 0 aliphatic rings. The zero-order valence-corrected chi connectivity index (χ0v) is 12.1. The molecule has 0 amide bonds. The van der Waals surface area contributed by atoms with Gasteiger partial charge in [-0.3, -0.25) is 4.79 Å². The summed E-state index contributed by atoms with van der Waals surface area (Å²) in [7, 11) is 0. The second-order valence-corrected chi connectivity index (χ2v) is 5.06. The minimum absolute atomic E-state index is 0.230. The first-order valence-corrected chi connectivity index (χ1v) is 6.92. The van der Waals surface area contributed by atoms with Crippen LogP contribution in [0.4, 0.5) is 0 Å². The van der Waals surface area contributed by atoms with Crippen molar-refractivity contribution >= 4 is 33.6 Å². The zero-order valence-electron chi connectivity index (χ0n) is 11.4. The molecule has 0 spiro atoms. The number of benzene rings is 2. The van der Waals surface area contributed by atoms with Crippen molar-refractivity contribution < 1.29 is 0 Å². The third kappa shape index (κ3) is 2.76. The normalized spacial score (nSPS) is 11.4. The quantitative estimate of drug-likeness (QED) is 0.787. The lowest BCUT2D eigenvalue weighted by Crippen LogP contribution is -2.10. The van der Waals surface area contributed by atoms with Gasteiger partial charge in [0.05, 0.1) is 27.6 Å². The molecule has 0 saturated heterocycles. The van der Waals surface area contributed by atoms with Gasteiger partial charge in [-0.15, -0.1) is 0 Å². The number of nitriles is 1. The van der Waals surface area contributed by atoms with Crippen molar-refractivity contribution in [1.29, 1.82) is 5.26 Å². The fraction of sp³-hybridized carbons (Fsp3) is 0. The first kappa shape index (κ1) is 14.1. The van der Waals surface area contributed by atoms with Crippen molar-refractivity contribution in [3.05, 3.63) is 75.8 Å². The van der Waals surface area contributed by atoms with Crippen LogP contribution in [0, 0.1) is 11.3 Å². The van der Waals surface area contributed by atoms with Gasteiger partial charge in [0, 0.05) is 0 Å². The molecule has 3 rings (SSSR count). The van der Waals surface area contributed by atoms with Crippen LogP contribution in [0.15, 0.2) is 53.3 Å². The third-order valence-electron chi connectivity index (χ3n) is 3.17. The average Bonchev–Trinajstić information content (AvgIpc) is 2.55. The number of rotatable bonds is 2. The monoisotopic (exact) mass is 307 g/mol. The smallest absolute Gasteiger partial charge is 0.259 e. The molecule has 4 nitrogen and oxygen atoms in total. The predicted molar refractivity (Wildman–Crippen MR) is 87.2 cm³/mol. The Morgan fingerprint density at radius 3 is 2.64 bits per heavy atom. The highest BCUT2D eigenvalue weighted by Crippen LogP contribution is 2.20. The molecule has 0 radical (unpaired) electrons. The number of nitrogens with one attached hydrogen (secondary N) is 1. The summed E-state index contributed by atoms with van der Waals surface area (Å²) in [6, 6.07) is 16.1. The van der Waals surface area contributed by atoms with Crippen molar-refractivity contribution in [2.75, 3.05) is 0 Å². The number of hydrogen-bond donors (Lipinski definition) is 1. The number of aromatic nitrogens is 2. The van der Waals surface area contributed by atoms with Crippen LogP contribution in [0.1, 0.15) is 17.0 Å². The average molecular weight is 308 g/mol. The standard InChI is InChI=1S/C17H10ClN3O/c18-14(9-11-5-7-12(10-19)8-6-11)16-20-15-4-2-1-3-13(15)17(22)21-16/h1-9H,(H,20,21,22)/b14-9-. The van der Waals surface area contributed by atoms with Gasteiger partial charge in [-0.25, -0.2) is 4.98 Å². The number of fused-ring (bicyclic) bond motifs is 1. The molecule has 0 unspecified atom stereocenters. The Kier molecular flexibility index (Phi) is 3.73. The molecular formula is C17H10ClN3O. The van der Waals surface area contributed by atoms with Crippen LogP contribution in [0.3, 0.4) is 0 Å². The molecule has 2 aromatic carbocycles. The number of nitrogens with zero attached hydrogens (tertiary/aromatic N) is 2. The largest absolute Gasteiger partial charge is 0.305 e. The molecule has 22 heavy (non-hydrogen) atoms. The maximum absolute atomic E-state index is 12.0. The number of para-hydroxylation sites is 1. The minimum atomic E-state index is -0.230. The minimum Gasteiger partial charge on any atom is -0.305 e. The van der Waals surface area contributed by atoms with E-state index in [2.05, 4.69) is 16.0 Å². The Bertz CT molecular complexity index is 966. The van der Waals surface area contributed by atoms with E-state index in [0.717, 1.165) is 5.56 Å². The highest BCUT2D eigenvalue weighted by Gasteiger charge is 2.06. The van der Waals surface area contributed by atoms with E-state index in [9.17, 15) is 4.79 Å². The lowest BCUT2D eigenvalue weighted by atomic mass is 10.1. The van der Waals surface area contributed by atoms with Gasteiger partial charge in [-0.2, -0.15) is 5.26 Å². The molecule has 0 aliphatic heterocycles. The van der Waals surface area contributed by atoms with Crippen molar-refractivity contribution in [3.63, 3.8) is 0 Å². The van der Waals surface area contributed by atoms with E-state index in [4.69, 9.17) is 16.9 Å². The van der Waals surface area contributed by atoms with Gasteiger partial charge in [0.2, 0.25) is 0 Å². The van der Waals surface area contributed by atoms with E-state index >= 15 is 0 Å². The molecule has 0 bridgehead atoms. The topological polar surface area (TPSA) is 69.5 Å². The van der Waals surface area contributed by atoms with Crippen molar-refractivity contribution in [2.24, 2.45) is 0 Å². The van der Waals surface area contributed by atoms with E-state index in [-0.39, 0.29) is 5.56 Å². The molecule has 1 aromatic heterocycles. The second-order valence-electron chi connectivity index (χ2n) is 4.66. The molecule has 0 atom stereocenters. The summed E-state index contributed by atoms with van der Waals surface area (Å²) in [4.78, 5) is 19.1. The SMILES string of the molecule is N#Cc1ccc(/C=C(\Cl)c2nc3ccccc3c(=O)[nH]2)cc1. The molecule has 1 heterocycles. The summed E-state index contributed by atoms with van der Waals surface area (Å²) in [5.41, 5.74) is 1.75. The van der Waals surface area contributed by atoms with Crippen LogP contribution in [-0.4, -0.2) is 9.97 Å². The summed E-state index contributed by atoms with van der Waals surface area (Å²) in [5.74, 6) is 0.315. The Balaban J connectivity index is 2.04. The van der Waals surface area contributed by atoms with Gasteiger partial charge in [0.25, 0.3) is 5.56 Å². The highest BCUT2D eigenvalue weighted by molar-refractivity contribution is 6.50. The number of halogens is 1. The fourth-order valence-electron chi connectivity index (χ4n) is 2.07. The summed E-state index contributed by atoms with van der Waals surface area (Å²) < 4.78 is 0. The third-order valence-corrected chi connectivity index (χ3v) is 3.46. The lowest BCUT2D eigenvalue weighted by Gasteiger charge is -2.02. The van der Waals surface area contributed by atoms with Crippen LogP contribution >= 0.6 is 11.6 Å². The van der Waals surface area contributed by atoms with Crippen LogP contribution < -0.4 is 5.56 Å². The maximum atomic E-state index is 12.0. The van der Waals surface area contributed by atoms with E-state index < -0.39 is 0 Å². The Labute approximate surface area is 131 Å². The molecule has 0 aliphatic carbocycles. The van der Waals surface area contributed by atoms with Crippen LogP contribution in [0.5, 0.6) is 0 Å².